The molecule has 0 unspecified atom stereocenters. The van der Waals surface area contributed by atoms with E-state index in [9.17, 15) is 0 Å². The molecule has 3 nitrogen and oxygen atoms in total. The standard InChI is InChI=1S/C11H15N3S2/c1-14(5-9-7-15-8-13-9)6-11-3-2-10(4-12)16-11/h2-3,7-8H,4-6,12H2,1H3. The van der Waals surface area contributed by atoms with E-state index in [1.807, 2.05) is 5.51 Å². The van der Waals surface area contributed by atoms with Crippen molar-refractivity contribution in [1.82, 2.24) is 9.88 Å². The van der Waals surface area contributed by atoms with E-state index in [1.54, 1.807) is 22.7 Å². The first kappa shape index (κ1) is 11.7. The van der Waals surface area contributed by atoms with Crippen molar-refractivity contribution in [1.29, 1.82) is 0 Å². The third-order valence-electron chi connectivity index (χ3n) is 2.26. The van der Waals surface area contributed by atoms with Crippen molar-refractivity contribution in [2.75, 3.05) is 7.05 Å². The van der Waals surface area contributed by atoms with Crippen LogP contribution >= 0.6 is 22.7 Å². The highest BCUT2D eigenvalue weighted by atomic mass is 32.1. The van der Waals surface area contributed by atoms with Crippen molar-refractivity contribution in [3.05, 3.63) is 38.5 Å². The zero-order valence-corrected chi connectivity index (χ0v) is 10.9. The normalized spacial score (nSPS) is 11.2. The van der Waals surface area contributed by atoms with E-state index in [-0.39, 0.29) is 0 Å². The summed E-state index contributed by atoms with van der Waals surface area (Å²) < 4.78 is 0. The minimum atomic E-state index is 0.639. The van der Waals surface area contributed by atoms with Crippen LogP contribution in [0.25, 0.3) is 0 Å². The van der Waals surface area contributed by atoms with Crippen molar-refractivity contribution >= 4 is 22.7 Å². The van der Waals surface area contributed by atoms with Crippen LogP contribution in [0.4, 0.5) is 0 Å². The maximum atomic E-state index is 5.59. The van der Waals surface area contributed by atoms with Gasteiger partial charge in [-0.1, -0.05) is 0 Å². The van der Waals surface area contributed by atoms with Gasteiger partial charge in [-0.15, -0.1) is 22.7 Å². The lowest BCUT2D eigenvalue weighted by Gasteiger charge is -2.13. The number of hydrogen-bond acceptors (Lipinski definition) is 5. The lowest BCUT2D eigenvalue weighted by Crippen LogP contribution is -2.16. The van der Waals surface area contributed by atoms with Gasteiger partial charge in [-0.05, 0) is 19.2 Å². The Hall–Kier alpha value is -0.750. The molecule has 0 radical (unpaired) electrons. The summed E-state index contributed by atoms with van der Waals surface area (Å²) in [5.41, 5.74) is 8.61. The topological polar surface area (TPSA) is 42.2 Å². The summed E-state index contributed by atoms with van der Waals surface area (Å²) in [5.74, 6) is 0. The van der Waals surface area contributed by atoms with E-state index in [0.717, 1.165) is 18.8 Å². The van der Waals surface area contributed by atoms with Crippen LogP contribution in [-0.4, -0.2) is 16.9 Å². The van der Waals surface area contributed by atoms with Gasteiger partial charge < -0.3 is 5.73 Å². The fraction of sp³-hybridized carbons (Fsp3) is 0.364. The minimum Gasteiger partial charge on any atom is -0.326 e. The van der Waals surface area contributed by atoms with Gasteiger partial charge in [0, 0.05) is 34.8 Å². The molecule has 0 bridgehead atoms. The number of aromatic nitrogens is 1. The average molecular weight is 253 g/mol. The van der Waals surface area contributed by atoms with E-state index < -0.39 is 0 Å². The summed E-state index contributed by atoms with van der Waals surface area (Å²) in [4.78, 5) is 9.15. The van der Waals surface area contributed by atoms with Crippen molar-refractivity contribution in [3.8, 4) is 0 Å². The van der Waals surface area contributed by atoms with Gasteiger partial charge in [0.25, 0.3) is 0 Å². The zero-order chi connectivity index (χ0) is 11.4. The summed E-state index contributed by atoms with van der Waals surface area (Å²) in [6.45, 7) is 2.50. The van der Waals surface area contributed by atoms with Gasteiger partial charge >= 0.3 is 0 Å². The lowest BCUT2D eigenvalue weighted by molar-refractivity contribution is 0.318. The average Bonchev–Trinajstić information content (AvgIpc) is 2.89. The highest BCUT2D eigenvalue weighted by Gasteiger charge is 2.05. The van der Waals surface area contributed by atoms with Crippen LogP contribution in [0, 0.1) is 0 Å². The highest BCUT2D eigenvalue weighted by Crippen LogP contribution is 2.18. The van der Waals surface area contributed by atoms with Crippen molar-refractivity contribution in [2.24, 2.45) is 5.73 Å². The van der Waals surface area contributed by atoms with Crippen LogP contribution in [0.2, 0.25) is 0 Å². The Morgan fingerprint density at radius 2 is 2.12 bits per heavy atom. The minimum absolute atomic E-state index is 0.639. The molecule has 5 heteroatoms. The first-order chi connectivity index (χ1) is 7.78. The monoisotopic (exact) mass is 253 g/mol. The fourth-order valence-electron chi connectivity index (χ4n) is 1.53. The van der Waals surface area contributed by atoms with E-state index in [4.69, 9.17) is 5.73 Å². The molecule has 0 aliphatic heterocycles. The Bertz CT molecular complexity index is 422. The predicted octanol–water partition coefficient (Wildman–Crippen LogP) is 2.30. The molecule has 0 fully saturated rings. The van der Waals surface area contributed by atoms with E-state index >= 15 is 0 Å². The SMILES string of the molecule is CN(Cc1cscn1)Cc1ccc(CN)s1. The molecule has 0 amide bonds. The van der Waals surface area contributed by atoms with Crippen LogP contribution in [0.5, 0.6) is 0 Å². The van der Waals surface area contributed by atoms with Crippen LogP contribution in [0.1, 0.15) is 15.4 Å². The third kappa shape index (κ3) is 3.12. The number of nitrogens with two attached hydrogens (primary N) is 1. The van der Waals surface area contributed by atoms with Crippen LogP contribution in [-0.2, 0) is 19.6 Å². The molecule has 2 aromatic rings. The van der Waals surface area contributed by atoms with E-state index in [1.165, 1.54) is 9.75 Å². The molecule has 0 saturated carbocycles. The summed E-state index contributed by atoms with van der Waals surface area (Å²) in [7, 11) is 2.11. The number of rotatable bonds is 5. The Morgan fingerprint density at radius 3 is 2.75 bits per heavy atom. The van der Waals surface area contributed by atoms with E-state index in [2.05, 4.69) is 34.4 Å². The number of hydrogen-bond donors (Lipinski definition) is 1. The maximum absolute atomic E-state index is 5.59. The molecule has 16 heavy (non-hydrogen) atoms. The molecule has 0 saturated heterocycles. The molecule has 0 aliphatic rings. The van der Waals surface area contributed by atoms with Gasteiger partial charge in [-0.2, -0.15) is 0 Å². The molecule has 2 N–H and O–H groups in total. The summed E-state index contributed by atoms with van der Waals surface area (Å²) in [6, 6.07) is 4.26. The second kappa shape index (κ2) is 5.54. The van der Waals surface area contributed by atoms with Crippen LogP contribution in [0.15, 0.2) is 23.0 Å². The van der Waals surface area contributed by atoms with Gasteiger partial charge in [0.05, 0.1) is 11.2 Å². The Labute approximate surface area is 104 Å². The van der Waals surface area contributed by atoms with Crippen molar-refractivity contribution in [3.63, 3.8) is 0 Å². The van der Waals surface area contributed by atoms with Crippen LogP contribution in [0.3, 0.4) is 0 Å². The van der Waals surface area contributed by atoms with Gasteiger partial charge in [0.15, 0.2) is 0 Å². The quantitative estimate of drug-likeness (QED) is 0.889. The third-order valence-corrected chi connectivity index (χ3v) is 3.99. The Morgan fingerprint density at radius 1 is 1.31 bits per heavy atom. The van der Waals surface area contributed by atoms with Gasteiger partial charge in [-0.3, -0.25) is 4.90 Å². The molecular weight excluding hydrogens is 238 g/mol. The van der Waals surface area contributed by atoms with Crippen molar-refractivity contribution in [2.45, 2.75) is 19.6 Å². The van der Waals surface area contributed by atoms with Crippen molar-refractivity contribution < 1.29 is 0 Å². The van der Waals surface area contributed by atoms with E-state index in [0.29, 0.717) is 6.54 Å². The Balaban J connectivity index is 1.89. The van der Waals surface area contributed by atoms with Gasteiger partial charge in [0.1, 0.15) is 0 Å². The maximum Gasteiger partial charge on any atom is 0.0795 e. The molecule has 0 spiro atoms. The van der Waals surface area contributed by atoms with Gasteiger partial charge in [-0.25, -0.2) is 4.98 Å². The lowest BCUT2D eigenvalue weighted by atomic mass is 10.4. The van der Waals surface area contributed by atoms with Gasteiger partial charge in [0.2, 0.25) is 0 Å². The molecule has 86 valence electrons. The molecule has 2 heterocycles. The number of thiazole rings is 1. The predicted molar refractivity (Wildman–Crippen MR) is 69.5 cm³/mol. The smallest absolute Gasteiger partial charge is 0.0795 e. The zero-order valence-electron chi connectivity index (χ0n) is 9.22. The summed E-state index contributed by atoms with van der Waals surface area (Å²) >= 11 is 3.43. The summed E-state index contributed by atoms with van der Waals surface area (Å²) in [6.07, 6.45) is 0. The molecule has 0 atom stereocenters. The largest absolute Gasteiger partial charge is 0.326 e. The number of thiophene rings is 1. The molecular formula is C11H15N3S2. The molecule has 0 aliphatic carbocycles. The first-order valence-electron chi connectivity index (χ1n) is 5.11. The molecule has 2 aromatic heterocycles. The molecule has 0 aromatic carbocycles. The highest BCUT2D eigenvalue weighted by molar-refractivity contribution is 7.11. The van der Waals surface area contributed by atoms with Crippen LogP contribution < -0.4 is 5.73 Å². The second-order valence-corrected chi connectivity index (χ2v) is 5.70. The first-order valence-corrected chi connectivity index (χ1v) is 6.87. The number of nitrogens with zero attached hydrogens (tertiary/aromatic N) is 2. The Kier molecular flexibility index (Phi) is 4.06. The second-order valence-electron chi connectivity index (χ2n) is 3.72. The fourth-order valence-corrected chi connectivity index (χ4v) is 3.06. The summed E-state index contributed by atoms with van der Waals surface area (Å²) in [5, 5.41) is 2.09. The molecule has 2 rings (SSSR count).